The second kappa shape index (κ2) is 5.94. The van der Waals surface area contributed by atoms with E-state index in [0.29, 0.717) is 6.54 Å². The lowest BCUT2D eigenvalue weighted by atomic mass is 9.89. The van der Waals surface area contributed by atoms with Crippen LogP contribution in [0.5, 0.6) is 0 Å². The van der Waals surface area contributed by atoms with Crippen molar-refractivity contribution >= 4 is 30.5 Å². The fourth-order valence-corrected chi connectivity index (χ4v) is 3.03. The maximum atomic E-state index is 5.81. The molecule has 0 fully saturated rings. The van der Waals surface area contributed by atoms with Crippen LogP contribution in [0.3, 0.4) is 0 Å². The number of benzene rings is 1. The van der Waals surface area contributed by atoms with E-state index in [1.54, 1.807) is 11.1 Å². The van der Waals surface area contributed by atoms with Gasteiger partial charge >= 0.3 is 0 Å². The molecule has 1 aromatic rings. The third-order valence-electron chi connectivity index (χ3n) is 3.73. The first-order chi connectivity index (χ1) is 7.40. The summed E-state index contributed by atoms with van der Waals surface area (Å²) in [5.41, 5.74) is 11.8. The molecule has 0 unspecified atom stereocenters. The van der Waals surface area contributed by atoms with Crippen molar-refractivity contribution in [2.75, 3.05) is 18.0 Å². The average molecular weight is 275 g/mol. The lowest BCUT2D eigenvalue weighted by Crippen LogP contribution is -2.35. The molecule has 0 spiro atoms. The molecule has 2 aliphatic rings. The summed E-state index contributed by atoms with van der Waals surface area (Å²) in [5, 5.41) is 0. The Morgan fingerprint density at radius 1 is 1.06 bits per heavy atom. The largest absolute Gasteiger partial charge is 0.371 e. The van der Waals surface area contributed by atoms with Gasteiger partial charge in [0.15, 0.2) is 0 Å². The van der Waals surface area contributed by atoms with E-state index in [0.717, 1.165) is 0 Å². The molecule has 0 aromatic heterocycles. The average Bonchev–Trinajstić information content (AvgIpc) is 2.30. The van der Waals surface area contributed by atoms with E-state index in [1.165, 1.54) is 50.0 Å². The Bertz CT molecular complexity index is 391. The van der Waals surface area contributed by atoms with E-state index >= 15 is 0 Å². The maximum absolute atomic E-state index is 5.81. The number of hydrogen-bond acceptors (Lipinski definition) is 2. The van der Waals surface area contributed by atoms with Crippen LogP contribution in [0.4, 0.5) is 5.69 Å². The van der Waals surface area contributed by atoms with Crippen molar-refractivity contribution in [1.82, 2.24) is 0 Å². The standard InChI is InChI=1S/C13H18N2.2ClH/c14-9-11-6-5-10-3-1-7-15-8-2-4-12(11)13(10)15;;/h5-6H,1-4,7-9,14H2;2*1H. The van der Waals surface area contributed by atoms with Crippen molar-refractivity contribution in [2.24, 2.45) is 5.73 Å². The minimum Gasteiger partial charge on any atom is -0.371 e. The third kappa shape index (κ3) is 2.40. The zero-order valence-electron chi connectivity index (χ0n) is 9.95. The smallest absolute Gasteiger partial charge is 0.0434 e. The van der Waals surface area contributed by atoms with Gasteiger partial charge in [0.1, 0.15) is 0 Å². The number of nitrogens with two attached hydrogens (primary N) is 1. The summed E-state index contributed by atoms with van der Waals surface area (Å²) >= 11 is 0. The number of nitrogens with zero attached hydrogens (tertiary/aromatic N) is 1. The molecule has 0 saturated carbocycles. The SMILES string of the molecule is Cl.Cl.NCc1ccc2c3c1CCCN3CCC2. The van der Waals surface area contributed by atoms with Gasteiger partial charge < -0.3 is 10.6 Å². The molecule has 0 atom stereocenters. The van der Waals surface area contributed by atoms with Gasteiger partial charge in [-0.3, -0.25) is 0 Å². The Labute approximate surface area is 115 Å². The molecule has 0 amide bonds. The first kappa shape index (κ1) is 14.6. The summed E-state index contributed by atoms with van der Waals surface area (Å²) in [6, 6.07) is 4.53. The number of aryl methyl sites for hydroxylation is 1. The Hall–Kier alpha value is -0.440. The molecular weight excluding hydrogens is 255 g/mol. The van der Waals surface area contributed by atoms with Gasteiger partial charge in [-0.05, 0) is 42.4 Å². The van der Waals surface area contributed by atoms with Gasteiger partial charge in [-0.1, -0.05) is 12.1 Å². The van der Waals surface area contributed by atoms with E-state index in [-0.39, 0.29) is 24.8 Å². The highest BCUT2D eigenvalue weighted by atomic mass is 35.5. The van der Waals surface area contributed by atoms with Gasteiger partial charge in [0.25, 0.3) is 0 Å². The van der Waals surface area contributed by atoms with Gasteiger partial charge in [-0.15, -0.1) is 24.8 Å². The Morgan fingerprint density at radius 3 is 2.47 bits per heavy atom. The summed E-state index contributed by atoms with van der Waals surface area (Å²) in [5.74, 6) is 0. The van der Waals surface area contributed by atoms with Crippen LogP contribution >= 0.6 is 24.8 Å². The van der Waals surface area contributed by atoms with Gasteiger partial charge in [-0.25, -0.2) is 0 Å². The summed E-state index contributed by atoms with van der Waals surface area (Å²) in [7, 11) is 0. The molecule has 0 radical (unpaired) electrons. The highest BCUT2D eigenvalue weighted by Gasteiger charge is 2.24. The highest BCUT2D eigenvalue weighted by Crippen LogP contribution is 2.36. The zero-order valence-corrected chi connectivity index (χ0v) is 11.6. The molecule has 4 heteroatoms. The summed E-state index contributed by atoms with van der Waals surface area (Å²) in [4.78, 5) is 2.57. The second-order valence-electron chi connectivity index (χ2n) is 4.61. The predicted octanol–water partition coefficient (Wildman–Crippen LogP) is 2.69. The van der Waals surface area contributed by atoms with E-state index in [1.807, 2.05) is 0 Å². The number of anilines is 1. The molecule has 0 saturated heterocycles. The second-order valence-corrected chi connectivity index (χ2v) is 4.61. The number of halogens is 2. The molecule has 2 heterocycles. The molecule has 1 aromatic carbocycles. The van der Waals surface area contributed by atoms with Crippen LogP contribution in [-0.2, 0) is 19.4 Å². The minimum absolute atomic E-state index is 0. The zero-order chi connectivity index (χ0) is 10.3. The molecule has 0 bridgehead atoms. The number of hydrogen-bond donors (Lipinski definition) is 1. The lowest BCUT2D eigenvalue weighted by molar-refractivity contribution is 0.630. The first-order valence-electron chi connectivity index (χ1n) is 5.99. The van der Waals surface area contributed by atoms with Gasteiger partial charge in [0, 0.05) is 25.3 Å². The third-order valence-corrected chi connectivity index (χ3v) is 3.73. The predicted molar refractivity (Wildman–Crippen MR) is 77.7 cm³/mol. The fourth-order valence-electron chi connectivity index (χ4n) is 3.03. The summed E-state index contributed by atoms with van der Waals surface area (Å²) < 4.78 is 0. The van der Waals surface area contributed by atoms with Crippen LogP contribution in [0.1, 0.15) is 29.5 Å². The van der Waals surface area contributed by atoms with Crippen molar-refractivity contribution in [2.45, 2.75) is 32.2 Å². The normalized spacial score (nSPS) is 16.6. The maximum Gasteiger partial charge on any atom is 0.0434 e. The van der Waals surface area contributed by atoms with E-state index in [2.05, 4.69) is 17.0 Å². The van der Waals surface area contributed by atoms with E-state index in [9.17, 15) is 0 Å². The van der Waals surface area contributed by atoms with Crippen molar-refractivity contribution in [1.29, 1.82) is 0 Å². The van der Waals surface area contributed by atoms with Gasteiger partial charge in [0.2, 0.25) is 0 Å². The Balaban J connectivity index is 0.000000722. The molecular formula is C13H20Cl2N2. The van der Waals surface area contributed by atoms with Crippen molar-refractivity contribution in [3.63, 3.8) is 0 Å². The Morgan fingerprint density at radius 2 is 1.76 bits per heavy atom. The number of rotatable bonds is 1. The van der Waals surface area contributed by atoms with Crippen LogP contribution in [0, 0.1) is 0 Å². The topological polar surface area (TPSA) is 29.3 Å². The molecule has 17 heavy (non-hydrogen) atoms. The van der Waals surface area contributed by atoms with Crippen molar-refractivity contribution < 1.29 is 0 Å². The fraction of sp³-hybridized carbons (Fsp3) is 0.538. The summed E-state index contributed by atoms with van der Waals surface area (Å²) in [6.45, 7) is 3.18. The highest BCUT2D eigenvalue weighted by molar-refractivity contribution is 5.85. The molecule has 96 valence electrons. The Kier molecular flexibility index (Phi) is 5.11. The van der Waals surface area contributed by atoms with Gasteiger partial charge in [-0.2, -0.15) is 0 Å². The van der Waals surface area contributed by atoms with Crippen LogP contribution < -0.4 is 10.6 Å². The van der Waals surface area contributed by atoms with Crippen LogP contribution in [0.15, 0.2) is 12.1 Å². The van der Waals surface area contributed by atoms with Crippen LogP contribution in [0.2, 0.25) is 0 Å². The molecule has 3 rings (SSSR count). The molecule has 2 aliphatic heterocycles. The molecule has 2 nitrogen and oxygen atoms in total. The monoisotopic (exact) mass is 274 g/mol. The first-order valence-corrected chi connectivity index (χ1v) is 5.99. The van der Waals surface area contributed by atoms with Crippen molar-refractivity contribution in [3.8, 4) is 0 Å². The molecule has 2 N–H and O–H groups in total. The van der Waals surface area contributed by atoms with Gasteiger partial charge in [0.05, 0.1) is 0 Å². The van der Waals surface area contributed by atoms with Crippen molar-refractivity contribution in [3.05, 3.63) is 28.8 Å². The van der Waals surface area contributed by atoms with Crippen LogP contribution in [-0.4, -0.2) is 13.1 Å². The van der Waals surface area contributed by atoms with E-state index < -0.39 is 0 Å². The van der Waals surface area contributed by atoms with E-state index in [4.69, 9.17) is 5.73 Å². The summed E-state index contributed by atoms with van der Waals surface area (Å²) in [6.07, 6.45) is 5.09. The molecule has 0 aliphatic carbocycles. The lowest BCUT2D eigenvalue weighted by Gasteiger charge is -2.37. The van der Waals surface area contributed by atoms with Crippen LogP contribution in [0.25, 0.3) is 0 Å². The minimum atomic E-state index is 0. The quantitative estimate of drug-likeness (QED) is 0.853.